The van der Waals surface area contributed by atoms with Crippen LogP contribution in [0.5, 0.6) is 0 Å². The van der Waals surface area contributed by atoms with Crippen molar-refractivity contribution in [1.29, 1.82) is 0 Å². The largest absolute Gasteiger partial charge is 0.348 e. The second-order valence-electron chi connectivity index (χ2n) is 5.43. The summed E-state index contributed by atoms with van der Waals surface area (Å²) in [6.45, 7) is 3.63. The first-order valence-corrected chi connectivity index (χ1v) is 8.31. The standard InChI is InChI=1S/C12H14ClIN2O5/c1-12(2)20-7-6(3-14)19-10(8(7)21-12)16-4-5(13)9(17)15-11(16)18/h4,6-8,10H,3H2,1-2H3,(H,15,17,18)/t6-,7-,8+,10-/m1/s1. The van der Waals surface area contributed by atoms with Gasteiger partial charge in [-0.2, -0.15) is 0 Å². The Balaban J connectivity index is 2.01. The van der Waals surface area contributed by atoms with Crippen LogP contribution in [0.15, 0.2) is 15.8 Å². The number of aromatic nitrogens is 2. The third-order valence-corrected chi connectivity index (χ3v) is 4.61. The van der Waals surface area contributed by atoms with Crippen LogP contribution in [-0.4, -0.2) is 38.1 Å². The van der Waals surface area contributed by atoms with Gasteiger partial charge in [0.05, 0.1) is 6.10 Å². The number of hydrogen-bond acceptors (Lipinski definition) is 5. The highest BCUT2D eigenvalue weighted by molar-refractivity contribution is 14.1. The number of nitrogens with one attached hydrogen (secondary N) is 1. The van der Waals surface area contributed by atoms with E-state index in [0.717, 1.165) is 0 Å². The number of alkyl halides is 1. The van der Waals surface area contributed by atoms with Gasteiger partial charge in [0.1, 0.15) is 17.2 Å². The summed E-state index contributed by atoms with van der Waals surface area (Å²) in [6, 6.07) is 0. The van der Waals surface area contributed by atoms with Crippen molar-refractivity contribution < 1.29 is 14.2 Å². The average Bonchev–Trinajstić information content (AvgIpc) is 2.87. The van der Waals surface area contributed by atoms with Gasteiger partial charge in [-0.1, -0.05) is 34.2 Å². The molecule has 1 N–H and O–H groups in total. The summed E-state index contributed by atoms with van der Waals surface area (Å²) in [5.74, 6) is -0.739. The zero-order chi connectivity index (χ0) is 15.4. The maximum Gasteiger partial charge on any atom is 0.330 e. The SMILES string of the molecule is CC1(C)O[C@H]2[C@H](O1)[C@@H](CI)O[C@H]2n1cc(Cl)c(=O)[nH]c1=O. The topological polar surface area (TPSA) is 82.6 Å². The van der Waals surface area contributed by atoms with Crippen molar-refractivity contribution in [2.45, 2.75) is 44.2 Å². The summed E-state index contributed by atoms with van der Waals surface area (Å²) in [5.41, 5.74) is -1.21. The van der Waals surface area contributed by atoms with Gasteiger partial charge in [0, 0.05) is 10.6 Å². The van der Waals surface area contributed by atoms with Crippen LogP contribution in [-0.2, 0) is 14.2 Å². The molecule has 2 saturated heterocycles. The number of nitrogens with zero attached hydrogens (tertiary/aromatic N) is 1. The molecule has 0 spiro atoms. The summed E-state index contributed by atoms with van der Waals surface area (Å²) in [4.78, 5) is 25.5. The Morgan fingerprint density at radius 3 is 2.71 bits per heavy atom. The van der Waals surface area contributed by atoms with Crippen molar-refractivity contribution in [3.05, 3.63) is 32.1 Å². The second-order valence-corrected chi connectivity index (χ2v) is 6.72. The maximum absolute atomic E-state index is 12.0. The lowest BCUT2D eigenvalue weighted by Crippen LogP contribution is -2.37. The Bertz CT molecular complexity index is 672. The van der Waals surface area contributed by atoms with Gasteiger partial charge in [-0.05, 0) is 13.8 Å². The molecule has 4 atom stereocenters. The molecule has 0 aliphatic carbocycles. The molecule has 9 heteroatoms. The Labute approximate surface area is 138 Å². The monoisotopic (exact) mass is 428 g/mol. The molecule has 1 aromatic heterocycles. The maximum atomic E-state index is 12.0. The van der Waals surface area contributed by atoms with Crippen LogP contribution in [0.25, 0.3) is 0 Å². The fourth-order valence-electron chi connectivity index (χ4n) is 2.66. The zero-order valence-corrected chi connectivity index (χ0v) is 14.3. The highest BCUT2D eigenvalue weighted by Crippen LogP contribution is 2.43. The fraction of sp³-hybridized carbons (Fsp3) is 0.667. The van der Waals surface area contributed by atoms with Crippen LogP contribution in [0.4, 0.5) is 0 Å². The van der Waals surface area contributed by atoms with E-state index in [0.29, 0.717) is 4.43 Å². The Kier molecular flexibility index (Phi) is 3.93. The van der Waals surface area contributed by atoms with Crippen LogP contribution in [0, 0.1) is 0 Å². The predicted octanol–water partition coefficient (Wildman–Crippen LogP) is 1.04. The van der Waals surface area contributed by atoms with E-state index < -0.39 is 29.4 Å². The van der Waals surface area contributed by atoms with Gasteiger partial charge >= 0.3 is 5.69 Å². The van der Waals surface area contributed by atoms with E-state index >= 15 is 0 Å². The van der Waals surface area contributed by atoms with E-state index in [1.165, 1.54) is 10.8 Å². The van der Waals surface area contributed by atoms with Crippen molar-refractivity contribution in [1.82, 2.24) is 9.55 Å². The van der Waals surface area contributed by atoms with Crippen molar-refractivity contribution in [2.24, 2.45) is 0 Å². The third-order valence-electron chi connectivity index (χ3n) is 3.48. The first-order chi connectivity index (χ1) is 9.82. The fourth-order valence-corrected chi connectivity index (χ4v) is 3.52. The van der Waals surface area contributed by atoms with E-state index in [1.54, 1.807) is 0 Å². The third kappa shape index (κ3) is 2.67. The van der Waals surface area contributed by atoms with Crippen LogP contribution in [0.1, 0.15) is 20.1 Å². The van der Waals surface area contributed by atoms with E-state index in [1.807, 2.05) is 13.8 Å². The van der Waals surface area contributed by atoms with E-state index in [-0.39, 0.29) is 17.2 Å². The van der Waals surface area contributed by atoms with E-state index in [9.17, 15) is 9.59 Å². The summed E-state index contributed by atoms with van der Waals surface area (Å²) >= 11 is 8.00. The summed E-state index contributed by atoms with van der Waals surface area (Å²) < 4.78 is 19.5. The number of hydrogen-bond donors (Lipinski definition) is 1. The quantitative estimate of drug-likeness (QED) is 0.562. The molecule has 0 aromatic carbocycles. The highest BCUT2D eigenvalue weighted by atomic mass is 127. The molecule has 7 nitrogen and oxygen atoms in total. The van der Waals surface area contributed by atoms with Gasteiger partial charge in [-0.25, -0.2) is 4.79 Å². The molecule has 0 unspecified atom stereocenters. The molecule has 1 aromatic rings. The highest BCUT2D eigenvalue weighted by Gasteiger charge is 2.55. The number of fused-ring (bicyclic) bond motifs is 1. The average molecular weight is 429 g/mol. The first-order valence-electron chi connectivity index (χ1n) is 6.40. The van der Waals surface area contributed by atoms with Crippen molar-refractivity contribution in [2.75, 3.05) is 4.43 Å². The van der Waals surface area contributed by atoms with Crippen molar-refractivity contribution in [3.63, 3.8) is 0 Å². The lowest BCUT2D eigenvalue weighted by atomic mass is 10.1. The summed E-state index contributed by atoms with van der Waals surface area (Å²) in [6.07, 6.45) is -0.299. The normalized spacial score (nSPS) is 34.1. The van der Waals surface area contributed by atoms with Crippen LogP contribution in [0.2, 0.25) is 5.02 Å². The Morgan fingerprint density at radius 2 is 2.05 bits per heavy atom. The molecule has 21 heavy (non-hydrogen) atoms. The number of aromatic amines is 1. The molecule has 2 aliphatic heterocycles. The molecule has 0 amide bonds. The van der Waals surface area contributed by atoms with Gasteiger partial charge in [-0.3, -0.25) is 14.3 Å². The van der Waals surface area contributed by atoms with E-state index in [2.05, 4.69) is 27.6 Å². The smallest absolute Gasteiger partial charge is 0.330 e. The molecule has 0 bridgehead atoms. The molecule has 0 saturated carbocycles. The molecule has 0 radical (unpaired) electrons. The predicted molar refractivity (Wildman–Crippen MR) is 83.0 cm³/mol. The number of ether oxygens (including phenoxy) is 3. The number of H-pyrrole nitrogens is 1. The molecule has 3 rings (SSSR count). The number of halogens is 2. The summed E-state index contributed by atoms with van der Waals surface area (Å²) in [7, 11) is 0. The molecular formula is C12H14ClIN2O5. The minimum Gasteiger partial charge on any atom is -0.348 e. The van der Waals surface area contributed by atoms with Gasteiger partial charge in [-0.15, -0.1) is 0 Å². The first kappa shape index (κ1) is 15.5. The van der Waals surface area contributed by atoms with E-state index in [4.69, 9.17) is 25.8 Å². The molecule has 2 fully saturated rings. The van der Waals surface area contributed by atoms with Gasteiger partial charge in [0.15, 0.2) is 12.0 Å². The Hall–Kier alpha value is -0.420. The van der Waals surface area contributed by atoms with Crippen LogP contribution >= 0.6 is 34.2 Å². The number of rotatable bonds is 2. The summed E-state index contributed by atoms with van der Waals surface area (Å²) in [5, 5.41) is -0.0779. The minimum atomic E-state index is -0.739. The molecule has 3 heterocycles. The van der Waals surface area contributed by atoms with Gasteiger partial charge in [0.25, 0.3) is 5.56 Å². The molecule has 116 valence electrons. The van der Waals surface area contributed by atoms with Crippen LogP contribution in [0.3, 0.4) is 0 Å². The van der Waals surface area contributed by atoms with Crippen molar-refractivity contribution in [3.8, 4) is 0 Å². The Morgan fingerprint density at radius 1 is 1.38 bits per heavy atom. The lowest BCUT2D eigenvalue weighted by Gasteiger charge is -2.24. The molecular weight excluding hydrogens is 414 g/mol. The minimum absolute atomic E-state index is 0.0779. The lowest BCUT2D eigenvalue weighted by molar-refractivity contribution is -0.194. The van der Waals surface area contributed by atoms with Gasteiger partial charge < -0.3 is 14.2 Å². The second kappa shape index (κ2) is 5.34. The zero-order valence-electron chi connectivity index (χ0n) is 11.3. The van der Waals surface area contributed by atoms with Gasteiger partial charge in [0.2, 0.25) is 0 Å². The van der Waals surface area contributed by atoms with Crippen LogP contribution < -0.4 is 11.2 Å². The van der Waals surface area contributed by atoms with Crippen molar-refractivity contribution >= 4 is 34.2 Å². The molecule has 2 aliphatic rings.